The first-order valence-corrected chi connectivity index (χ1v) is 9.61. The van der Waals surface area contributed by atoms with Crippen molar-refractivity contribution in [2.45, 2.75) is 51.1 Å². The molecule has 0 radical (unpaired) electrons. The Hall–Kier alpha value is -2.48. The van der Waals surface area contributed by atoms with Crippen LogP contribution >= 0.6 is 11.6 Å². The highest BCUT2D eigenvalue weighted by molar-refractivity contribution is 6.31. The molecule has 0 N–H and O–H groups in total. The average molecular weight is 390 g/mol. The molecule has 1 atom stereocenters. The third-order valence-electron chi connectivity index (χ3n) is 5.34. The van der Waals surface area contributed by atoms with E-state index in [-0.39, 0.29) is 28.2 Å². The molecule has 0 spiro atoms. The number of halogens is 1. The molecule has 1 fully saturated rings. The maximum absolute atomic E-state index is 13.1. The largest absolute Gasteiger partial charge is 0.328 e. The number of nitro groups is 1. The molecular weight excluding hydrogens is 370 g/mol. The Morgan fingerprint density at radius 2 is 2.04 bits per heavy atom. The van der Waals surface area contributed by atoms with Crippen molar-refractivity contribution in [2.75, 3.05) is 6.54 Å². The number of likely N-dealkylation sites (tertiary alicyclic amines) is 1. The molecule has 1 amide bonds. The van der Waals surface area contributed by atoms with Crippen LogP contribution in [0.25, 0.3) is 0 Å². The predicted octanol–water partition coefficient (Wildman–Crippen LogP) is 3.54. The van der Waals surface area contributed by atoms with Crippen molar-refractivity contribution in [2.24, 2.45) is 0 Å². The second-order valence-corrected chi connectivity index (χ2v) is 7.45. The van der Waals surface area contributed by atoms with Crippen molar-refractivity contribution in [3.63, 3.8) is 0 Å². The van der Waals surface area contributed by atoms with Gasteiger partial charge in [-0.05, 0) is 37.8 Å². The number of nitrogens with zero attached hydrogens (tertiary/aromatic N) is 5. The molecule has 9 heteroatoms. The fourth-order valence-electron chi connectivity index (χ4n) is 4.02. The van der Waals surface area contributed by atoms with E-state index in [1.54, 1.807) is 4.90 Å². The van der Waals surface area contributed by atoms with Gasteiger partial charge in [0.15, 0.2) is 5.82 Å². The first-order valence-electron chi connectivity index (χ1n) is 9.23. The summed E-state index contributed by atoms with van der Waals surface area (Å²) in [5.74, 6) is 1.42. The van der Waals surface area contributed by atoms with E-state index in [4.69, 9.17) is 11.6 Å². The van der Waals surface area contributed by atoms with Crippen LogP contribution in [0, 0.1) is 10.1 Å². The standard InChI is InChI=1S/C18H20ClN5O3/c19-12-7-8-13(15(11-12)24(26)27)18(25)22-10-4-5-14(22)17-21-20-16-6-2-1-3-9-23(16)17/h7-8,11,14H,1-6,9-10H2. The molecule has 2 aliphatic rings. The van der Waals surface area contributed by atoms with Gasteiger partial charge in [0.25, 0.3) is 11.6 Å². The number of nitro benzene ring substituents is 1. The highest BCUT2D eigenvalue weighted by Gasteiger charge is 2.37. The van der Waals surface area contributed by atoms with Crippen molar-refractivity contribution >= 4 is 23.2 Å². The summed E-state index contributed by atoms with van der Waals surface area (Å²) in [6, 6.07) is 3.97. The molecule has 2 aliphatic heterocycles. The minimum Gasteiger partial charge on any atom is -0.328 e. The Kier molecular flexibility index (Phi) is 4.82. The van der Waals surface area contributed by atoms with E-state index in [1.807, 2.05) is 0 Å². The third-order valence-corrected chi connectivity index (χ3v) is 5.57. The molecule has 2 aromatic rings. The molecule has 1 unspecified atom stereocenters. The topological polar surface area (TPSA) is 94.2 Å². The number of carbonyl (C=O) groups is 1. The summed E-state index contributed by atoms with van der Waals surface area (Å²) in [6.07, 6.45) is 5.85. The van der Waals surface area contributed by atoms with Crippen LogP contribution in [0.5, 0.6) is 0 Å². The zero-order valence-electron chi connectivity index (χ0n) is 14.8. The number of carbonyl (C=O) groups excluding carboxylic acids is 1. The summed E-state index contributed by atoms with van der Waals surface area (Å²) in [5, 5.41) is 20.3. The fourth-order valence-corrected chi connectivity index (χ4v) is 4.19. The first kappa shape index (κ1) is 17.9. The molecule has 3 heterocycles. The second-order valence-electron chi connectivity index (χ2n) is 7.01. The molecule has 8 nitrogen and oxygen atoms in total. The maximum Gasteiger partial charge on any atom is 0.283 e. The lowest BCUT2D eigenvalue weighted by Gasteiger charge is -2.24. The molecule has 1 saturated heterocycles. The van der Waals surface area contributed by atoms with E-state index >= 15 is 0 Å². The lowest BCUT2D eigenvalue weighted by molar-refractivity contribution is -0.385. The molecule has 1 aromatic carbocycles. The highest BCUT2D eigenvalue weighted by atomic mass is 35.5. The Morgan fingerprint density at radius 1 is 1.19 bits per heavy atom. The average Bonchev–Trinajstić information content (AvgIpc) is 3.22. The van der Waals surface area contributed by atoms with Crippen LogP contribution in [-0.2, 0) is 13.0 Å². The number of fused-ring (bicyclic) bond motifs is 1. The number of rotatable bonds is 3. The van der Waals surface area contributed by atoms with Crippen LogP contribution in [0.1, 0.15) is 60.2 Å². The van der Waals surface area contributed by atoms with Crippen molar-refractivity contribution in [3.8, 4) is 0 Å². The Balaban J connectivity index is 1.68. The molecule has 0 bridgehead atoms. The predicted molar refractivity (Wildman–Crippen MR) is 98.7 cm³/mol. The van der Waals surface area contributed by atoms with Gasteiger partial charge in [-0.15, -0.1) is 10.2 Å². The van der Waals surface area contributed by atoms with Crippen molar-refractivity contribution < 1.29 is 9.72 Å². The number of hydrogen-bond acceptors (Lipinski definition) is 5. The maximum atomic E-state index is 13.1. The lowest BCUT2D eigenvalue weighted by Crippen LogP contribution is -2.32. The SMILES string of the molecule is O=C(c1ccc(Cl)cc1[N+](=O)[O-])N1CCCC1c1nnc2n1CCCCC2. The number of aryl methyl sites for hydroxylation is 1. The smallest absolute Gasteiger partial charge is 0.283 e. The van der Waals surface area contributed by atoms with E-state index in [9.17, 15) is 14.9 Å². The zero-order chi connectivity index (χ0) is 19.0. The molecule has 4 rings (SSSR count). The minimum atomic E-state index is -0.562. The van der Waals surface area contributed by atoms with Gasteiger partial charge < -0.3 is 9.47 Å². The zero-order valence-corrected chi connectivity index (χ0v) is 15.6. The van der Waals surface area contributed by atoms with Gasteiger partial charge in [0.1, 0.15) is 11.4 Å². The first-order chi connectivity index (χ1) is 13.1. The normalized spacial score (nSPS) is 19.6. The van der Waals surface area contributed by atoms with Crippen molar-refractivity contribution in [1.82, 2.24) is 19.7 Å². The van der Waals surface area contributed by atoms with Crippen LogP contribution < -0.4 is 0 Å². The summed E-state index contributed by atoms with van der Waals surface area (Å²) >= 11 is 5.88. The Labute approximate surface area is 161 Å². The van der Waals surface area contributed by atoms with Gasteiger partial charge in [0.05, 0.1) is 11.0 Å². The van der Waals surface area contributed by atoms with Crippen molar-refractivity contribution in [1.29, 1.82) is 0 Å². The quantitative estimate of drug-likeness (QED) is 0.591. The van der Waals surface area contributed by atoms with Gasteiger partial charge in [0, 0.05) is 30.6 Å². The molecule has 142 valence electrons. The number of benzene rings is 1. The molecule has 0 aliphatic carbocycles. The van der Waals surface area contributed by atoms with Gasteiger partial charge in [0.2, 0.25) is 0 Å². The summed E-state index contributed by atoms with van der Waals surface area (Å²) in [7, 11) is 0. The fraction of sp³-hybridized carbons (Fsp3) is 0.500. The summed E-state index contributed by atoms with van der Waals surface area (Å²) in [6.45, 7) is 1.41. The van der Waals surface area contributed by atoms with Gasteiger partial charge in [-0.3, -0.25) is 14.9 Å². The van der Waals surface area contributed by atoms with E-state index < -0.39 is 4.92 Å². The number of amides is 1. The summed E-state index contributed by atoms with van der Waals surface area (Å²) < 4.78 is 2.14. The molecular formula is C18H20ClN5O3. The van der Waals surface area contributed by atoms with Crippen LogP contribution in [0.4, 0.5) is 5.69 Å². The van der Waals surface area contributed by atoms with Crippen molar-refractivity contribution in [3.05, 3.63) is 50.5 Å². The molecule has 1 aromatic heterocycles. The molecule has 0 saturated carbocycles. The van der Waals surface area contributed by atoms with E-state index in [0.29, 0.717) is 6.54 Å². The van der Waals surface area contributed by atoms with Gasteiger partial charge in [-0.2, -0.15) is 0 Å². The monoisotopic (exact) mass is 389 g/mol. The van der Waals surface area contributed by atoms with E-state index in [2.05, 4.69) is 14.8 Å². The van der Waals surface area contributed by atoms with Crippen LogP contribution in [0.2, 0.25) is 5.02 Å². The molecule has 27 heavy (non-hydrogen) atoms. The number of aromatic nitrogens is 3. The van der Waals surface area contributed by atoms with E-state index in [0.717, 1.165) is 56.7 Å². The van der Waals surface area contributed by atoms with Crippen LogP contribution in [0.3, 0.4) is 0 Å². The Morgan fingerprint density at radius 3 is 2.85 bits per heavy atom. The third kappa shape index (κ3) is 3.29. The summed E-state index contributed by atoms with van der Waals surface area (Å²) in [5.41, 5.74) is -0.204. The van der Waals surface area contributed by atoms with Gasteiger partial charge in [-0.1, -0.05) is 18.0 Å². The minimum absolute atomic E-state index is 0.0619. The lowest BCUT2D eigenvalue weighted by atomic mass is 10.1. The number of hydrogen-bond donors (Lipinski definition) is 0. The van der Waals surface area contributed by atoms with Gasteiger partial charge in [-0.25, -0.2) is 0 Å². The second kappa shape index (κ2) is 7.26. The van der Waals surface area contributed by atoms with Gasteiger partial charge >= 0.3 is 0 Å². The Bertz CT molecular complexity index is 897. The van der Waals surface area contributed by atoms with Crippen LogP contribution in [0.15, 0.2) is 18.2 Å². The summed E-state index contributed by atoms with van der Waals surface area (Å²) in [4.78, 5) is 25.7. The van der Waals surface area contributed by atoms with E-state index in [1.165, 1.54) is 18.2 Å². The highest BCUT2D eigenvalue weighted by Crippen LogP contribution is 2.35. The van der Waals surface area contributed by atoms with Crippen LogP contribution in [-0.4, -0.2) is 37.0 Å².